The molecular weight excluding hydrogens is 260 g/mol. The van der Waals surface area contributed by atoms with Gasteiger partial charge in [0.1, 0.15) is 17.2 Å². The first-order valence-electron chi connectivity index (χ1n) is 6.13. The van der Waals surface area contributed by atoms with E-state index in [1.807, 2.05) is 13.0 Å². The molecule has 1 aromatic carbocycles. The summed E-state index contributed by atoms with van der Waals surface area (Å²) < 4.78 is 9.94. The summed E-state index contributed by atoms with van der Waals surface area (Å²) in [4.78, 5) is 11.6. The number of ether oxygens (including phenoxy) is 2. The topological polar surface area (TPSA) is 80.5 Å². The third-order valence-electron chi connectivity index (χ3n) is 2.40. The quantitative estimate of drug-likeness (QED) is 0.387. The van der Waals surface area contributed by atoms with E-state index in [1.165, 1.54) is 14.0 Å². The maximum absolute atomic E-state index is 11.6. The lowest BCUT2D eigenvalue weighted by Gasteiger charge is -2.05. The van der Waals surface area contributed by atoms with Crippen molar-refractivity contribution in [2.45, 2.75) is 20.8 Å². The van der Waals surface area contributed by atoms with E-state index in [2.05, 4.69) is 10.2 Å². The highest BCUT2D eigenvalue weighted by atomic mass is 16.5. The number of esters is 1. The number of benzene rings is 1. The summed E-state index contributed by atoms with van der Waals surface area (Å²) in [5.41, 5.74) is 1.22. The molecule has 1 rings (SSSR count). The zero-order valence-corrected chi connectivity index (χ0v) is 12.0. The van der Waals surface area contributed by atoms with E-state index in [-0.39, 0.29) is 18.1 Å². The van der Waals surface area contributed by atoms with Gasteiger partial charge in [0, 0.05) is 0 Å². The Kier molecular flexibility index (Phi) is 5.71. The number of hydrogen-bond acceptors (Lipinski definition) is 6. The maximum Gasteiger partial charge on any atom is 0.362 e. The monoisotopic (exact) mass is 278 g/mol. The standard InChI is InChI=1S/C14H18N2O4/c1-5-20-14(18)13(10(3)17)16-15-11-8-9(2)6-7-12(11)19-4/h6-8,17H,5H2,1-4H3/b13-10+,16-15?. The van der Waals surface area contributed by atoms with E-state index in [0.717, 1.165) is 5.56 Å². The molecule has 0 radical (unpaired) electrons. The molecule has 20 heavy (non-hydrogen) atoms. The first-order valence-corrected chi connectivity index (χ1v) is 6.13. The van der Waals surface area contributed by atoms with Crippen LogP contribution in [0.25, 0.3) is 0 Å². The van der Waals surface area contributed by atoms with Crippen molar-refractivity contribution in [3.8, 4) is 5.75 Å². The van der Waals surface area contributed by atoms with Gasteiger partial charge in [0.2, 0.25) is 5.70 Å². The highest BCUT2D eigenvalue weighted by Crippen LogP contribution is 2.29. The molecule has 1 aromatic rings. The van der Waals surface area contributed by atoms with Crippen molar-refractivity contribution in [3.05, 3.63) is 35.2 Å². The summed E-state index contributed by atoms with van der Waals surface area (Å²) in [6.07, 6.45) is 0. The van der Waals surface area contributed by atoms with Gasteiger partial charge in [-0.25, -0.2) is 4.79 Å². The Morgan fingerprint density at radius 3 is 2.65 bits per heavy atom. The van der Waals surface area contributed by atoms with Crippen molar-refractivity contribution in [2.75, 3.05) is 13.7 Å². The minimum absolute atomic E-state index is 0.193. The number of hydrogen-bond donors (Lipinski definition) is 1. The minimum atomic E-state index is -0.720. The van der Waals surface area contributed by atoms with Crippen molar-refractivity contribution >= 4 is 11.7 Å². The highest BCUT2D eigenvalue weighted by Gasteiger charge is 2.14. The number of carbonyl (C=O) groups excluding carboxylic acids is 1. The molecule has 0 bridgehead atoms. The van der Waals surface area contributed by atoms with Crippen LogP contribution >= 0.6 is 0 Å². The van der Waals surface area contributed by atoms with E-state index in [4.69, 9.17) is 9.47 Å². The van der Waals surface area contributed by atoms with Crippen molar-refractivity contribution in [3.63, 3.8) is 0 Å². The van der Waals surface area contributed by atoms with Crippen LogP contribution in [0.3, 0.4) is 0 Å². The van der Waals surface area contributed by atoms with Gasteiger partial charge in [-0.05, 0) is 38.5 Å². The molecule has 0 fully saturated rings. The average molecular weight is 278 g/mol. The van der Waals surface area contributed by atoms with Crippen LogP contribution in [0, 0.1) is 6.92 Å². The molecule has 0 unspecified atom stereocenters. The minimum Gasteiger partial charge on any atom is -0.510 e. The number of aryl methyl sites for hydroxylation is 1. The largest absolute Gasteiger partial charge is 0.510 e. The predicted octanol–water partition coefficient (Wildman–Crippen LogP) is 3.44. The van der Waals surface area contributed by atoms with E-state index >= 15 is 0 Å². The van der Waals surface area contributed by atoms with Gasteiger partial charge >= 0.3 is 5.97 Å². The average Bonchev–Trinajstić information content (AvgIpc) is 2.39. The molecule has 0 amide bonds. The second-order valence-electron chi connectivity index (χ2n) is 4.03. The molecule has 6 nitrogen and oxygen atoms in total. The van der Waals surface area contributed by atoms with Crippen LogP contribution in [-0.2, 0) is 9.53 Å². The van der Waals surface area contributed by atoms with Crippen LogP contribution in [0.5, 0.6) is 5.75 Å². The number of allylic oxidation sites excluding steroid dienone is 1. The van der Waals surface area contributed by atoms with Crippen LogP contribution in [0.4, 0.5) is 5.69 Å². The van der Waals surface area contributed by atoms with Gasteiger partial charge < -0.3 is 14.6 Å². The third-order valence-corrected chi connectivity index (χ3v) is 2.40. The molecule has 0 spiro atoms. The molecule has 1 N–H and O–H groups in total. The fraction of sp³-hybridized carbons (Fsp3) is 0.357. The Balaban J connectivity index is 3.09. The zero-order chi connectivity index (χ0) is 15.1. The zero-order valence-electron chi connectivity index (χ0n) is 12.0. The summed E-state index contributed by atoms with van der Waals surface area (Å²) >= 11 is 0. The SMILES string of the molecule is CCOC(=O)/C(N=Nc1cc(C)ccc1OC)=C(/C)O. The van der Waals surface area contributed by atoms with Crippen LogP contribution in [0.1, 0.15) is 19.4 Å². The van der Waals surface area contributed by atoms with Gasteiger partial charge in [-0.1, -0.05) is 6.07 Å². The molecule has 0 aliphatic carbocycles. The Labute approximate surface area is 117 Å². The molecule has 108 valence electrons. The second kappa shape index (κ2) is 7.28. The number of rotatable bonds is 5. The normalized spacial score (nSPS) is 12.2. The van der Waals surface area contributed by atoms with E-state index in [1.54, 1.807) is 19.1 Å². The Morgan fingerprint density at radius 2 is 2.10 bits per heavy atom. The van der Waals surface area contributed by atoms with Crippen LogP contribution in [-0.4, -0.2) is 24.8 Å². The van der Waals surface area contributed by atoms with Crippen LogP contribution in [0.2, 0.25) is 0 Å². The lowest BCUT2D eigenvalue weighted by atomic mass is 10.2. The first kappa shape index (κ1) is 15.7. The lowest BCUT2D eigenvalue weighted by molar-refractivity contribution is -0.138. The predicted molar refractivity (Wildman–Crippen MR) is 74.2 cm³/mol. The van der Waals surface area contributed by atoms with Gasteiger partial charge in [-0.3, -0.25) is 0 Å². The second-order valence-corrected chi connectivity index (χ2v) is 4.03. The molecule has 0 saturated carbocycles. The third kappa shape index (κ3) is 4.08. The van der Waals surface area contributed by atoms with Crippen LogP contribution < -0.4 is 4.74 Å². The number of aliphatic hydroxyl groups is 1. The summed E-state index contributed by atoms with van der Waals surface area (Å²) in [5.74, 6) is -0.445. The molecule has 0 saturated heterocycles. The van der Waals surface area contributed by atoms with Gasteiger partial charge in [0.25, 0.3) is 0 Å². The summed E-state index contributed by atoms with van der Waals surface area (Å²) in [5, 5.41) is 17.2. The number of carbonyl (C=O) groups is 1. The Hall–Kier alpha value is -2.37. The van der Waals surface area contributed by atoms with Crippen molar-refractivity contribution in [2.24, 2.45) is 10.2 Å². The van der Waals surface area contributed by atoms with Gasteiger partial charge in [-0.2, -0.15) is 0 Å². The molecule has 6 heteroatoms. The molecule has 0 aromatic heterocycles. The fourth-order valence-electron chi connectivity index (χ4n) is 1.44. The molecule has 0 atom stereocenters. The molecule has 0 aliphatic heterocycles. The summed E-state index contributed by atoms with van der Waals surface area (Å²) in [7, 11) is 1.52. The van der Waals surface area contributed by atoms with Crippen molar-refractivity contribution < 1.29 is 19.4 Å². The summed E-state index contributed by atoms with van der Waals surface area (Å²) in [6, 6.07) is 5.39. The Bertz CT molecular complexity index is 546. The van der Waals surface area contributed by atoms with Crippen LogP contribution in [0.15, 0.2) is 39.9 Å². The first-order chi connectivity index (χ1) is 9.49. The van der Waals surface area contributed by atoms with Gasteiger partial charge in [-0.15, -0.1) is 10.2 Å². The summed E-state index contributed by atoms with van der Waals surface area (Å²) in [6.45, 7) is 5.11. The number of methoxy groups -OCH3 is 1. The van der Waals surface area contributed by atoms with Crippen molar-refractivity contribution in [1.29, 1.82) is 0 Å². The number of azo groups is 1. The molecule has 0 aliphatic rings. The number of aliphatic hydroxyl groups excluding tert-OH is 1. The lowest BCUT2D eigenvalue weighted by Crippen LogP contribution is -2.07. The molecular formula is C14H18N2O4. The van der Waals surface area contributed by atoms with E-state index in [9.17, 15) is 9.90 Å². The van der Waals surface area contributed by atoms with E-state index in [0.29, 0.717) is 11.4 Å². The maximum atomic E-state index is 11.6. The fourth-order valence-corrected chi connectivity index (χ4v) is 1.44. The number of nitrogens with zero attached hydrogens (tertiary/aromatic N) is 2. The van der Waals surface area contributed by atoms with E-state index < -0.39 is 5.97 Å². The van der Waals surface area contributed by atoms with Gasteiger partial charge in [0.05, 0.1) is 13.7 Å². The Morgan fingerprint density at radius 1 is 1.40 bits per heavy atom. The highest BCUT2D eigenvalue weighted by molar-refractivity contribution is 5.88. The van der Waals surface area contributed by atoms with Gasteiger partial charge in [0.15, 0.2) is 0 Å². The van der Waals surface area contributed by atoms with Crippen molar-refractivity contribution in [1.82, 2.24) is 0 Å². The molecule has 0 heterocycles. The smallest absolute Gasteiger partial charge is 0.362 e.